The summed E-state index contributed by atoms with van der Waals surface area (Å²) in [6.07, 6.45) is 18.8. The molecule has 2 bridgehead atoms. The minimum absolute atomic E-state index is 0.267. The molecule has 142 valence electrons. The van der Waals surface area contributed by atoms with Crippen molar-refractivity contribution in [1.29, 1.82) is 0 Å². The van der Waals surface area contributed by atoms with E-state index in [1.807, 2.05) is 0 Å². The first-order valence-corrected chi connectivity index (χ1v) is 10.4. The largest absolute Gasteiger partial charge is 0.481 e. The highest BCUT2D eigenvalue weighted by atomic mass is 16.5. The Morgan fingerprint density at radius 1 is 1.04 bits per heavy atom. The van der Waals surface area contributed by atoms with Gasteiger partial charge in [-0.2, -0.15) is 0 Å². The average Bonchev–Trinajstić information content (AvgIpc) is 3.21. The van der Waals surface area contributed by atoms with Gasteiger partial charge in [-0.05, 0) is 63.2 Å². The van der Waals surface area contributed by atoms with Crippen molar-refractivity contribution < 1.29 is 19.4 Å². The van der Waals surface area contributed by atoms with E-state index in [2.05, 4.69) is 12.2 Å². The first kappa shape index (κ1) is 18.9. The summed E-state index contributed by atoms with van der Waals surface area (Å²) in [6.45, 7) is 0.890. The summed E-state index contributed by atoms with van der Waals surface area (Å²) < 4.78 is 12.3. The maximum Gasteiger partial charge on any atom is 0.303 e. The maximum atomic E-state index is 10.5. The molecule has 0 radical (unpaired) electrons. The molecule has 0 aromatic heterocycles. The molecule has 0 spiro atoms. The second-order valence-electron chi connectivity index (χ2n) is 8.03. The molecule has 1 N–H and O–H groups in total. The van der Waals surface area contributed by atoms with Crippen molar-refractivity contribution in [2.24, 2.45) is 11.8 Å². The van der Waals surface area contributed by atoms with E-state index >= 15 is 0 Å². The monoisotopic (exact) mass is 350 g/mol. The highest BCUT2D eigenvalue weighted by Gasteiger charge is 2.47. The van der Waals surface area contributed by atoms with Gasteiger partial charge in [0.25, 0.3) is 0 Å². The first-order chi connectivity index (χ1) is 12.2. The van der Waals surface area contributed by atoms with E-state index in [1.165, 1.54) is 44.9 Å². The van der Waals surface area contributed by atoms with Gasteiger partial charge in [0.05, 0.1) is 18.3 Å². The topological polar surface area (TPSA) is 55.8 Å². The van der Waals surface area contributed by atoms with Crippen molar-refractivity contribution in [2.75, 3.05) is 6.61 Å². The molecule has 3 rings (SSSR count). The van der Waals surface area contributed by atoms with Crippen molar-refractivity contribution in [3.63, 3.8) is 0 Å². The molecule has 2 aliphatic heterocycles. The van der Waals surface area contributed by atoms with Crippen molar-refractivity contribution in [3.05, 3.63) is 12.2 Å². The highest BCUT2D eigenvalue weighted by molar-refractivity contribution is 5.66. The van der Waals surface area contributed by atoms with E-state index in [9.17, 15) is 4.79 Å². The van der Waals surface area contributed by atoms with Crippen molar-refractivity contribution >= 4 is 5.97 Å². The fraction of sp³-hybridized carbons (Fsp3) is 0.857. The molecule has 0 unspecified atom stereocenters. The Bertz CT molecular complexity index is 441. The summed E-state index contributed by atoms with van der Waals surface area (Å²) in [4.78, 5) is 10.5. The lowest BCUT2D eigenvalue weighted by Crippen LogP contribution is -2.29. The van der Waals surface area contributed by atoms with E-state index in [-0.39, 0.29) is 6.42 Å². The number of carboxylic acids is 1. The molecule has 0 amide bonds. The van der Waals surface area contributed by atoms with Gasteiger partial charge >= 0.3 is 5.97 Å². The molecule has 1 aliphatic carbocycles. The number of hydrogen-bond donors (Lipinski definition) is 1. The van der Waals surface area contributed by atoms with Gasteiger partial charge in [-0.15, -0.1) is 0 Å². The van der Waals surface area contributed by atoms with E-state index in [4.69, 9.17) is 14.6 Å². The van der Waals surface area contributed by atoms with Crippen LogP contribution >= 0.6 is 0 Å². The lowest BCUT2D eigenvalue weighted by Gasteiger charge is -2.28. The number of aliphatic carboxylic acids is 1. The van der Waals surface area contributed by atoms with Crippen LogP contribution in [-0.4, -0.2) is 36.0 Å². The Hall–Kier alpha value is -0.870. The van der Waals surface area contributed by atoms with Crippen LogP contribution in [0.15, 0.2) is 12.2 Å². The number of carboxylic acid groups (broad SMARTS) is 1. The van der Waals surface area contributed by atoms with Crippen LogP contribution in [0.25, 0.3) is 0 Å². The minimum atomic E-state index is -0.701. The Kier molecular flexibility index (Phi) is 7.35. The van der Waals surface area contributed by atoms with Crippen LogP contribution in [0.5, 0.6) is 0 Å². The smallest absolute Gasteiger partial charge is 0.303 e. The molecule has 4 heteroatoms. The van der Waals surface area contributed by atoms with E-state index in [0.29, 0.717) is 30.1 Å². The van der Waals surface area contributed by atoms with Crippen LogP contribution in [0.2, 0.25) is 0 Å². The normalized spacial score (nSPS) is 32.6. The van der Waals surface area contributed by atoms with Crippen LogP contribution in [0, 0.1) is 11.8 Å². The standard InChI is InChI=1S/C21H34O4/c22-21(23)11-7-2-1-6-10-17-18(20-13-12-19(17)25-20)14-15-24-16-8-4-3-5-9-16/h1,6,16-20H,2-5,7-15H2,(H,22,23)/t17-,18+,19-,20+/m1/s1. The number of ether oxygens (including phenoxy) is 2. The molecule has 4 atom stereocenters. The van der Waals surface area contributed by atoms with Gasteiger partial charge in [0, 0.05) is 13.0 Å². The van der Waals surface area contributed by atoms with Crippen molar-refractivity contribution in [2.45, 2.75) is 95.4 Å². The van der Waals surface area contributed by atoms with Gasteiger partial charge in [0.2, 0.25) is 0 Å². The van der Waals surface area contributed by atoms with Crippen molar-refractivity contribution in [3.8, 4) is 0 Å². The predicted molar refractivity (Wildman–Crippen MR) is 97.6 cm³/mol. The molecule has 0 aromatic rings. The van der Waals surface area contributed by atoms with Gasteiger partial charge in [-0.25, -0.2) is 0 Å². The Labute approximate surface area is 152 Å². The molecule has 4 nitrogen and oxygen atoms in total. The number of rotatable bonds is 10. The molecule has 3 fully saturated rings. The zero-order valence-electron chi connectivity index (χ0n) is 15.4. The quantitative estimate of drug-likeness (QED) is 0.457. The van der Waals surface area contributed by atoms with Crippen LogP contribution in [-0.2, 0) is 14.3 Å². The predicted octanol–water partition coefficient (Wildman–Crippen LogP) is 4.72. The van der Waals surface area contributed by atoms with Crippen LogP contribution < -0.4 is 0 Å². The molecule has 25 heavy (non-hydrogen) atoms. The second kappa shape index (κ2) is 9.72. The van der Waals surface area contributed by atoms with Gasteiger partial charge in [0.15, 0.2) is 0 Å². The summed E-state index contributed by atoms with van der Waals surface area (Å²) >= 11 is 0. The van der Waals surface area contributed by atoms with Gasteiger partial charge in [-0.1, -0.05) is 31.4 Å². The zero-order chi connectivity index (χ0) is 17.5. The lowest BCUT2D eigenvalue weighted by atomic mass is 9.76. The summed E-state index contributed by atoms with van der Waals surface area (Å²) in [5.41, 5.74) is 0. The molecule has 0 aromatic carbocycles. The van der Waals surface area contributed by atoms with Crippen LogP contribution in [0.3, 0.4) is 0 Å². The summed E-state index contributed by atoms with van der Waals surface area (Å²) in [6, 6.07) is 0. The van der Waals surface area contributed by atoms with E-state index in [1.54, 1.807) is 0 Å². The third kappa shape index (κ3) is 5.55. The van der Waals surface area contributed by atoms with Gasteiger partial charge in [0.1, 0.15) is 0 Å². The molecule has 2 heterocycles. The number of hydrogen-bond acceptors (Lipinski definition) is 3. The second-order valence-corrected chi connectivity index (χ2v) is 8.03. The summed E-state index contributed by atoms with van der Waals surface area (Å²) in [5, 5.41) is 8.67. The molecule has 2 saturated heterocycles. The third-order valence-electron chi connectivity index (χ3n) is 6.28. The SMILES string of the molecule is O=C(O)CCCC=CC[C@@H]1[C@H](CCOC2CCCCC2)[C@@H]2CC[C@H]1O2. The van der Waals surface area contributed by atoms with Crippen molar-refractivity contribution in [1.82, 2.24) is 0 Å². The minimum Gasteiger partial charge on any atom is -0.481 e. The average molecular weight is 350 g/mol. The number of fused-ring (bicyclic) bond motifs is 2. The van der Waals surface area contributed by atoms with Crippen LogP contribution in [0.1, 0.15) is 77.0 Å². The summed E-state index contributed by atoms with van der Waals surface area (Å²) in [7, 11) is 0. The fourth-order valence-corrected chi connectivity index (χ4v) is 4.94. The first-order valence-electron chi connectivity index (χ1n) is 10.4. The zero-order valence-corrected chi connectivity index (χ0v) is 15.4. The number of carbonyl (C=O) groups is 1. The Morgan fingerprint density at radius 3 is 2.56 bits per heavy atom. The third-order valence-corrected chi connectivity index (χ3v) is 6.28. The van der Waals surface area contributed by atoms with Gasteiger partial charge in [-0.3, -0.25) is 4.79 Å². The van der Waals surface area contributed by atoms with Gasteiger partial charge < -0.3 is 14.6 Å². The molecule has 3 aliphatic rings. The number of unbranched alkanes of at least 4 members (excludes halogenated alkanes) is 1. The Morgan fingerprint density at radius 2 is 1.80 bits per heavy atom. The fourth-order valence-electron chi connectivity index (χ4n) is 4.94. The number of allylic oxidation sites excluding steroid dienone is 2. The maximum absolute atomic E-state index is 10.5. The highest BCUT2D eigenvalue weighted by Crippen LogP contribution is 2.46. The van der Waals surface area contributed by atoms with E-state index < -0.39 is 5.97 Å². The van der Waals surface area contributed by atoms with Crippen LogP contribution in [0.4, 0.5) is 0 Å². The summed E-state index contributed by atoms with van der Waals surface area (Å²) in [5.74, 6) is 0.573. The Balaban J connectivity index is 1.38. The molecular formula is C21H34O4. The van der Waals surface area contributed by atoms with E-state index in [0.717, 1.165) is 32.3 Å². The lowest BCUT2D eigenvalue weighted by molar-refractivity contribution is -0.137. The molecular weight excluding hydrogens is 316 g/mol. The molecule has 1 saturated carbocycles.